The lowest BCUT2D eigenvalue weighted by molar-refractivity contribution is -0.139. The number of amides is 2. The van der Waals surface area contributed by atoms with E-state index in [1.807, 2.05) is 31.2 Å². The fourth-order valence-electron chi connectivity index (χ4n) is 2.24. The van der Waals surface area contributed by atoms with Crippen molar-refractivity contribution in [3.63, 3.8) is 0 Å². The van der Waals surface area contributed by atoms with Crippen LogP contribution in [0.4, 0.5) is 0 Å². The van der Waals surface area contributed by atoms with E-state index >= 15 is 0 Å². The van der Waals surface area contributed by atoms with Gasteiger partial charge in [-0.25, -0.2) is 0 Å². The van der Waals surface area contributed by atoms with Gasteiger partial charge in [-0.3, -0.25) is 9.59 Å². The topological polar surface area (TPSA) is 84.5 Å². The second kappa shape index (κ2) is 7.53. The van der Waals surface area contributed by atoms with Gasteiger partial charge < -0.3 is 19.5 Å². The number of aryl methyl sites for hydroxylation is 1. The first-order chi connectivity index (χ1) is 12.1. The number of furan rings is 2. The fourth-order valence-corrected chi connectivity index (χ4v) is 2.24. The van der Waals surface area contributed by atoms with Gasteiger partial charge in [0.15, 0.2) is 11.5 Å². The number of nitrogens with one attached hydrogen (secondary N) is 2. The van der Waals surface area contributed by atoms with E-state index in [0.29, 0.717) is 23.8 Å². The molecule has 0 atom stereocenters. The summed E-state index contributed by atoms with van der Waals surface area (Å²) in [5.41, 5.74) is 2.07. The molecule has 0 bridgehead atoms. The summed E-state index contributed by atoms with van der Waals surface area (Å²) in [6, 6.07) is 14.7. The SMILES string of the molecule is Cc1ccc(CNC(=O)C(=O)NCc2ccc(-c3ccco3)o2)cc1. The Balaban J connectivity index is 1.47. The monoisotopic (exact) mass is 338 g/mol. The Hall–Kier alpha value is -3.28. The summed E-state index contributed by atoms with van der Waals surface area (Å²) in [6.45, 7) is 2.41. The van der Waals surface area contributed by atoms with Crippen molar-refractivity contribution < 1.29 is 18.4 Å². The third kappa shape index (κ3) is 4.38. The zero-order valence-corrected chi connectivity index (χ0v) is 13.7. The average Bonchev–Trinajstić information content (AvgIpc) is 3.30. The number of benzene rings is 1. The minimum absolute atomic E-state index is 0.123. The lowest BCUT2D eigenvalue weighted by atomic mass is 10.1. The molecule has 0 unspecified atom stereocenters. The molecule has 3 aromatic rings. The molecule has 2 aromatic heterocycles. The van der Waals surface area contributed by atoms with E-state index in [1.54, 1.807) is 30.5 Å². The van der Waals surface area contributed by atoms with Crippen LogP contribution in [-0.2, 0) is 22.7 Å². The Morgan fingerprint density at radius 1 is 0.880 bits per heavy atom. The molecule has 0 saturated carbocycles. The maximum atomic E-state index is 11.8. The summed E-state index contributed by atoms with van der Waals surface area (Å²) in [5.74, 6) is 0.319. The van der Waals surface area contributed by atoms with E-state index in [1.165, 1.54) is 0 Å². The lowest BCUT2D eigenvalue weighted by Crippen LogP contribution is -2.39. The molecule has 0 aliphatic rings. The number of hydrogen-bond donors (Lipinski definition) is 2. The van der Waals surface area contributed by atoms with Crippen LogP contribution in [0.1, 0.15) is 16.9 Å². The molecule has 2 amide bonds. The molecule has 2 heterocycles. The number of carbonyl (C=O) groups excluding carboxylic acids is 2. The van der Waals surface area contributed by atoms with Crippen molar-refractivity contribution in [3.05, 3.63) is 71.7 Å². The molecule has 0 radical (unpaired) electrons. The maximum Gasteiger partial charge on any atom is 0.309 e. The second-order valence-electron chi connectivity index (χ2n) is 5.59. The highest BCUT2D eigenvalue weighted by Crippen LogP contribution is 2.22. The number of rotatable bonds is 5. The Bertz CT molecular complexity index is 848. The van der Waals surface area contributed by atoms with Crippen LogP contribution < -0.4 is 10.6 Å². The highest BCUT2D eigenvalue weighted by Gasteiger charge is 2.14. The summed E-state index contributed by atoms with van der Waals surface area (Å²) in [5, 5.41) is 5.11. The van der Waals surface area contributed by atoms with Crippen molar-refractivity contribution in [2.24, 2.45) is 0 Å². The molecule has 6 heteroatoms. The highest BCUT2D eigenvalue weighted by atomic mass is 16.4. The Labute approximate surface area is 144 Å². The molecule has 2 N–H and O–H groups in total. The van der Waals surface area contributed by atoms with Crippen LogP contribution in [0.25, 0.3) is 11.5 Å². The van der Waals surface area contributed by atoms with Crippen LogP contribution >= 0.6 is 0 Å². The van der Waals surface area contributed by atoms with Crippen LogP contribution in [0, 0.1) is 6.92 Å². The first-order valence-corrected chi connectivity index (χ1v) is 7.86. The zero-order valence-electron chi connectivity index (χ0n) is 13.7. The molecule has 128 valence electrons. The van der Waals surface area contributed by atoms with E-state index in [0.717, 1.165) is 11.1 Å². The van der Waals surface area contributed by atoms with Gasteiger partial charge in [-0.2, -0.15) is 0 Å². The smallest absolute Gasteiger partial charge is 0.309 e. The standard InChI is InChI=1S/C19H18N2O4/c1-13-4-6-14(7-5-13)11-20-18(22)19(23)21-12-15-8-9-17(25-15)16-3-2-10-24-16/h2-10H,11-12H2,1H3,(H,20,22)(H,21,23). The summed E-state index contributed by atoms with van der Waals surface area (Å²) in [7, 11) is 0. The number of hydrogen-bond acceptors (Lipinski definition) is 4. The van der Waals surface area contributed by atoms with Gasteiger partial charge in [0, 0.05) is 6.54 Å². The molecule has 0 saturated heterocycles. The second-order valence-corrected chi connectivity index (χ2v) is 5.59. The maximum absolute atomic E-state index is 11.8. The van der Waals surface area contributed by atoms with Crippen molar-refractivity contribution in [3.8, 4) is 11.5 Å². The van der Waals surface area contributed by atoms with E-state index < -0.39 is 11.8 Å². The molecule has 3 rings (SSSR count). The average molecular weight is 338 g/mol. The minimum Gasteiger partial charge on any atom is -0.461 e. The van der Waals surface area contributed by atoms with Crippen molar-refractivity contribution in [2.75, 3.05) is 0 Å². The first kappa shape index (κ1) is 16.6. The van der Waals surface area contributed by atoms with Crippen molar-refractivity contribution in [1.82, 2.24) is 10.6 Å². The van der Waals surface area contributed by atoms with Crippen molar-refractivity contribution in [1.29, 1.82) is 0 Å². The lowest BCUT2D eigenvalue weighted by Gasteiger charge is -2.06. The molecule has 0 spiro atoms. The summed E-state index contributed by atoms with van der Waals surface area (Å²) in [6.07, 6.45) is 1.55. The molecule has 0 aliphatic heterocycles. The molecule has 6 nitrogen and oxygen atoms in total. The van der Waals surface area contributed by atoms with Crippen LogP contribution in [0.3, 0.4) is 0 Å². The van der Waals surface area contributed by atoms with Gasteiger partial charge in [-0.05, 0) is 36.8 Å². The Morgan fingerprint density at radius 3 is 2.28 bits per heavy atom. The normalized spacial score (nSPS) is 10.4. The Kier molecular flexibility index (Phi) is 4.99. The summed E-state index contributed by atoms with van der Waals surface area (Å²) in [4.78, 5) is 23.7. The largest absolute Gasteiger partial charge is 0.461 e. The molecular formula is C19H18N2O4. The molecular weight excluding hydrogens is 320 g/mol. The predicted molar refractivity (Wildman–Crippen MR) is 91.3 cm³/mol. The van der Waals surface area contributed by atoms with Crippen LogP contribution in [0.2, 0.25) is 0 Å². The molecule has 25 heavy (non-hydrogen) atoms. The van der Waals surface area contributed by atoms with Gasteiger partial charge in [-0.1, -0.05) is 29.8 Å². The molecule has 0 fully saturated rings. The van der Waals surface area contributed by atoms with E-state index in [9.17, 15) is 9.59 Å². The van der Waals surface area contributed by atoms with Crippen LogP contribution in [0.15, 0.2) is 63.6 Å². The third-order valence-corrected chi connectivity index (χ3v) is 3.63. The van der Waals surface area contributed by atoms with E-state index in [-0.39, 0.29) is 6.54 Å². The van der Waals surface area contributed by atoms with Gasteiger partial charge in [0.25, 0.3) is 0 Å². The third-order valence-electron chi connectivity index (χ3n) is 3.63. The minimum atomic E-state index is -0.705. The van der Waals surface area contributed by atoms with E-state index in [2.05, 4.69) is 10.6 Å². The van der Waals surface area contributed by atoms with Gasteiger partial charge in [0.2, 0.25) is 0 Å². The zero-order chi connectivity index (χ0) is 17.6. The van der Waals surface area contributed by atoms with Crippen LogP contribution in [0.5, 0.6) is 0 Å². The van der Waals surface area contributed by atoms with Crippen LogP contribution in [-0.4, -0.2) is 11.8 Å². The fraction of sp³-hybridized carbons (Fsp3) is 0.158. The van der Waals surface area contributed by atoms with E-state index in [4.69, 9.17) is 8.83 Å². The first-order valence-electron chi connectivity index (χ1n) is 7.86. The summed E-state index contributed by atoms with van der Waals surface area (Å²) >= 11 is 0. The van der Waals surface area contributed by atoms with Gasteiger partial charge >= 0.3 is 11.8 Å². The van der Waals surface area contributed by atoms with Crippen molar-refractivity contribution in [2.45, 2.75) is 20.0 Å². The predicted octanol–water partition coefficient (Wildman–Crippen LogP) is 2.78. The Morgan fingerprint density at radius 2 is 1.60 bits per heavy atom. The molecule has 0 aliphatic carbocycles. The number of carbonyl (C=O) groups is 2. The van der Waals surface area contributed by atoms with Gasteiger partial charge in [0.05, 0.1) is 12.8 Å². The van der Waals surface area contributed by atoms with Crippen molar-refractivity contribution >= 4 is 11.8 Å². The van der Waals surface area contributed by atoms with Gasteiger partial charge in [-0.15, -0.1) is 0 Å². The molecule has 1 aromatic carbocycles. The highest BCUT2D eigenvalue weighted by molar-refractivity contribution is 6.35. The van der Waals surface area contributed by atoms with Gasteiger partial charge in [0.1, 0.15) is 5.76 Å². The summed E-state index contributed by atoms with van der Waals surface area (Å²) < 4.78 is 10.8. The quantitative estimate of drug-likeness (QED) is 0.701.